The van der Waals surface area contributed by atoms with E-state index in [4.69, 9.17) is 0 Å². The number of aliphatic hydroxyl groups is 1. The number of carbonyl (C=O) groups excluding carboxylic acids is 2. The fourth-order valence-corrected chi connectivity index (χ4v) is 2.99. The van der Waals surface area contributed by atoms with E-state index in [0.29, 0.717) is 25.9 Å². The second-order valence-corrected chi connectivity index (χ2v) is 7.01. The first kappa shape index (κ1) is 18.0. The van der Waals surface area contributed by atoms with Crippen LogP contribution in [0.25, 0.3) is 0 Å². The van der Waals surface area contributed by atoms with Crippen LogP contribution in [0.4, 0.5) is 0 Å². The first-order chi connectivity index (χ1) is 9.70. The number of carbonyl (C=O) groups is 2. The lowest BCUT2D eigenvalue weighted by Crippen LogP contribution is -2.51. The van der Waals surface area contributed by atoms with Gasteiger partial charge in [-0.25, -0.2) is 0 Å². The number of aliphatic hydroxyl groups excluding tert-OH is 1. The number of rotatable bonds is 7. The van der Waals surface area contributed by atoms with E-state index in [0.717, 1.165) is 6.42 Å². The molecule has 5 nitrogen and oxygen atoms in total. The molecule has 0 aromatic carbocycles. The van der Waals surface area contributed by atoms with Crippen molar-refractivity contribution in [2.45, 2.75) is 66.0 Å². The fourth-order valence-electron chi connectivity index (χ4n) is 2.99. The Hall–Kier alpha value is -1.10. The molecule has 1 heterocycles. The van der Waals surface area contributed by atoms with Gasteiger partial charge in [0.2, 0.25) is 11.8 Å². The van der Waals surface area contributed by atoms with Gasteiger partial charge in [0, 0.05) is 24.9 Å². The summed E-state index contributed by atoms with van der Waals surface area (Å²) in [6, 6.07) is -0.382. The fraction of sp³-hybridized carbons (Fsp3) is 0.875. The van der Waals surface area contributed by atoms with Gasteiger partial charge in [-0.1, -0.05) is 34.6 Å². The highest BCUT2D eigenvalue weighted by Gasteiger charge is 2.34. The van der Waals surface area contributed by atoms with E-state index in [2.05, 4.69) is 5.32 Å². The third-order valence-electron chi connectivity index (χ3n) is 4.33. The molecule has 2 unspecified atom stereocenters. The lowest BCUT2D eigenvalue weighted by molar-refractivity contribution is -0.138. The van der Waals surface area contributed by atoms with E-state index < -0.39 is 11.5 Å². The summed E-state index contributed by atoms with van der Waals surface area (Å²) in [5.41, 5.74) is -0.392. The predicted octanol–water partition coefficient (Wildman–Crippen LogP) is 1.55. The van der Waals surface area contributed by atoms with E-state index in [-0.39, 0.29) is 23.8 Å². The monoisotopic (exact) mass is 298 g/mol. The van der Waals surface area contributed by atoms with Crippen LogP contribution in [-0.2, 0) is 9.59 Å². The average Bonchev–Trinajstić information content (AvgIpc) is 2.83. The van der Waals surface area contributed by atoms with Crippen LogP contribution >= 0.6 is 0 Å². The Bertz CT molecular complexity index is 380. The van der Waals surface area contributed by atoms with Crippen LogP contribution in [0.3, 0.4) is 0 Å². The van der Waals surface area contributed by atoms with Crippen LogP contribution in [0.2, 0.25) is 0 Å². The molecular weight excluding hydrogens is 268 g/mol. The van der Waals surface area contributed by atoms with Gasteiger partial charge in [-0.05, 0) is 18.8 Å². The molecule has 1 aliphatic rings. The molecular formula is C16H30N2O3. The van der Waals surface area contributed by atoms with Gasteiger partial charge in [0.25, 0.3) is 0 Å². The lowest BCUT2D eigenvalue weighted by atomic mass is 9.80. The summed E-state index contributed by atoms with van der Waals surface area (Å²) in [5, 5.41) is 13.1. The Kier molecular flexibility index (Phi) is 6.20. The van der Waals surface area contributed by atoms with Crippen LogP contribution < -0.4 is 5.32 Å². The maximum absolute atomic E-state index is 12.4. The zero-order valence-electron chi connectivity index (χ0n) is 14.0. The minimum atomic E-state index is -0.480. The van der Waals surface area contributed by atoms with Crippen molar-refractivity contribution in [1.29, 1.82) is 0 Å². The number of hydrogen-bond donors (Lipinski definition) is 2. The SMILES string of the molecule is CCC(C(=O)NCC(C)(C)C(O)C(C)C)N1CCCC1=O. The molecule has 2 atom stereocenters. The molecule has 1 aliphatic heterocycles. The largest absolute Gasteiger partial charge is 0.392 e. The predicted molar refractivity (Wildman–Crippen MR) is 82.7 cm³/mol. The Morgan fingerprint density at radius 2 is 2.05 bits per heavy atom. The summed E-state index contributed by atoms with van der Waals surface area (Å²) in [6.45, 7) is 10.8. The van der Waals surface area contributed by atoms with Gasteiger partial charge in [-0.15, -0.1) is 0 Å². The number of likely N-dealkylation sites (tertiary alicyclic amines) is 1. The summed E-state index contributed by atoms with van der Waals surface area (Å²) in [7, 11) is 0. The molecule has 21 heavy (non-hydrogen) atoms. The summed E-state index contributed by atoms with van der Waals surface area (Å²) in [6.07, 6.45) is 1.51. The Labute approximate surface area is 128 Å². The third-order valence-corrected chi connectivity index (χ3v) is 4.33. The third kappa shape index (κ3) is 4.43. The summed E-state index contributed by atoms with van der Waals surface area (Å²) in [4.78, 5) is 25.8. The molecule has 5 heteroatoms. The molecule has 0 aromatic rings. The van der Waals surface area contributed by atoms with Gasteiger partial charge in [0.05, 0.1) is 6.10 Å². The maximum Gasteiger partial charge on any atom is 0.242 e. The molecule has 1 rings (SSSR count). The molecule has 0 radical (unpaired) electrons. The van der Waals surface area contributed by atoms with Crippen molar-refractivity contribution in [2.75, 3.05) is 13.1 Å². The molecule has 1 saturated heterocycles. The van der Waals surface area contributed by atoms with Crippen molar-refractivity contribution in [3.05, 3.63) is 0 Å². The van der Waals surface area contributed by atoms with E-state index in [1.807, 2.05) is 34.6 Å². The molecule has 0 saturated carbocycles. The van der Waals surface area contributed by atoms with Crippen LogP contribution in [0.1, 0.15) is 53.9 Å². The van der Waals surface area contributed by atoms with Crippen molar-refractivity contribution in [3.8, 4) is 0 Å². The van der Waals surface area contributed by atoms with Gasteiger partial charge in [0.15, 0.2) is 0 Å². The van der Waals surface area contributed by atoms with Crippen molar-refractivity contribution >= 4 is 11.8 Å². The number of amides is 2. The summed E-state index contributed by atoms with van der Waals surface area (Å²) < 4.78 is 0. The zero-order chi connectivity index (χ0) is 16.2. The normalized spacial score (nSPS) is 19.0. The highest BCUT2D eigenvalue weighted by atomic mass is 16.3. The second kappa shape index (κ2) is 7.25. The zero-order valence-corrected chi connectivity index (χ0v) is 14.0. The summed E-state index contributed by atoms with van der Waals surface area (Å²) in [5.74, 6) is 0.0919. The van der Waals surface area contributed by atoms with Crippen LogP contribution in [-0.4, -0.2) is 47.1 Å². The molecule has 0 aliphatic carbocycles. The number of hydrogen-bond acceptors (Lipinski definition) is 3. The highest BCUT2D eigenvalue weighted by molar-refractivity contribution is 5.88. The topological polar surface area (TPSA) is 69.6 Å². The lowest BCUT2D eigenvalue weighted by Gasteiger charge is -2.34. The molecule has 122 valence electrons. The molecule has 0 aromatic heterocycles. The van der Waals surface area contributed by atoms with E-state index in [1.54, 1.807) is 4.90 Å². The van der Waals surface area contributed by atoms with Gasteiger partial charge >= 0.3 is 0 Å². The quantitative estimate of drug-likeness (QED) is 0.749. The van der Waals surface area contributed by atoms with E-state index >= 15 is 0 Å². The molecule has 2 amide bonds. The average molecular weight is 298 g/mol. The molecule has 1 fully saturated rings. The molecule has 2 N–H and O–H groups in total. The standard InChI is InChI=1S/C16H30N2O3/c1-6-12(18-9-7-8-13(18)19)15(21)17-10-16(4,5)14(20)11(2)3/h11-12,14,20H,6-10H2,1-5H3,(H,17,21). The second-order valence-electron chi connectivity index (χ2n) is 7.01. The van der Waals surface area contributed by atoms with Crippen LogP contribution in [0, 0.1) is 11.3 Å². The van der Waals surface area contributed by atoms with Crippen molar-refractivity contribution in [1.82, 2.24) is 10.2 Å². The van der Waals surface area contributed by atoms with Gasteiger partial charge in [-0.3, -0.25) is 9.59 Å². The summed E-state index contributed by atoms with van der Waals surface area (Å²) >= 11 is 0. The highest BCUT2D eigenvalue weighted by Crippen LogP contribution is 2.25. The first-order valence-corrected chi connectivity index (χ1v) is 7.96. The van der Waals surface area contributed by atoms with Crippen molar-refractivity contribution < 1.29 is 14.7 Å². The number of nitrogens with one attached hydrogen (secondary N) is 1. The van der Waals surface area contributed by atoms with Gasteiger partial charge in [-0.2, -0.15) is 0 Å². The first-order valence-electron chi connectivity index (χ1n) is 7.96. The minimum Gasteiger partial charge on any atom is -0.392 e. The van der Waals surface area contributed by atoms with Gasteiger partial charge in [0.1, 0.15) is 6.04 Å². The van der Waals surface area contributed by atoms with Crippen LogP contribution in [0.15, 0.2) is 0 Å². The van der Waals surface area contributed by atoms with Crippen molar-refractivity contribution in [2.24, 2.45) is 11.3 Å². The van der Waals surface area contributed by atoms with Crippen molar-refractivity contribution in [3.63, 3.8) is 0 Å². The smallest absolute Gasteiger partial charge is 0.242 e. The Balaban J connectivity index is 2.61. The Morgan fingerprint density at radius 3 is 2.48 bits per heavy atom. The number of nitrogens with zero attached hydrogens (tertiary/aromatic N) is 1. The van der Waals surface area contributed by atoms with E-state index in [1.165, 1.54) is 0 Å². The van der Waals surface area contributed by atoms with Crippen LogP contribution in [0.5, 0.6) is 0 Å². The van der Waals surface area contributed by atoms with Gasteiger partial charge < -0.3 is 15.3 Å². The van der Waals surface area contributed by atoms with E-state index in [9.17, 15) is 14.7 Å². The maximum atomic E-state index is 12.4. The minimum absolute atomic E-state index is 0.0680. The molecule has 0 bridgehead atoms. The molecule has 0 spiro atoms. The Morgan fingerprint density at radius 1 is 1.43 bits per heavy atom.